The summed E-state index contributed by atoms with van der Waals surface area (Å²) >= 11 is 5.81. The van der Waals surface area contributed by atoms with Crippen LogP contribution < -0.4 is 4.74 Å². The molecule has 0 heterocycles. The molecule has 19 heavy (non-hydrogen) atoms. The van der Waals surface area contributed by atoms with E-state index in [1.165, 1.54) is 12.1 Å². The molecule has 0 saturated heterocycles. The number of ether oxygens (including phenoxy) is 1. The highest BCUT2D eigenvalue weighted by molar-refractivity contribution is 6.30. The Morgan fingerprint density at radius 1 is 1.21 bits per heavy atom. The highest BCUT2D eigenvalue weighted by Gasteiger charge is 2.12. The second-order valence-corrected chi connectivity index (χ2v) is 4.09. The molecule has 0 spiro atoms. The van der Waals surface area contributed by atoms with Crippen LogP contribution in [0.3, 0.4) is 0 Å². The number of carbonyl (C=O) groups is 1. The van der Waals surface area contributed by atoms with E-state index < -0.39 is 4.92 Å². The Morgan fingerprint density at radius 2 is 2.00 bits per heavy atom. The number of aldehydes is 1. The zero-order valence-corrected chi connectivity index (χ0v) is 10.3. The lowest BCUT2D eigenvalue weighted by Gasteiger charge is -2.07. The minimum atomic E-state index is -0.573. The fourth-order valence-electron chi connectivity index (χ4n) is 1.49. The molecule has 2 rings (SSSR count). The van der Waals surface area contributed by atoms with Gasteiger partial charge in [-0.15, -0.1) is 0 Å². The molecule has 0 aliphatic heterocycles. The van der Waals surface area contributed by atoms with Crippen molar-refractivity contribution in [3.8, 4) is 11.5 Å². The van der Waals surface area contributed by atoms with Gasteiger partial charge in [-0.1, -0.05) is 17.7 Å². The van der Waals surface area contributed by atoms with Crippen LogP contribution in [0, 0.1) is 10.1 Å². The number of nitro benzene ring substituents is 1. The van der Waals surface area contributed by atoms with Crippen molar-refractivity contribution < 1.29 is 14.5 Å². The minimum absolute atomic E-state index is 0.106. The van der Waals surface area contributed by atoms with Crippen molar-refractivity contribution in [2.75, 3.05) is 0 Å². The van der Waals surface area contributed by atoms with Crippen LogP contribution in [0.5, 0.6) is 11.5 Å². The van der Waals surface area contributed by atoms with E-state index in [1.807, 2.05) is 0 Å². The molecule has 96 valence electrons. The smallest absolute Gasteiger partial charge is 0.270 e. The first-order chi connectivity index (χ1) is 9.10. The molecule has 0 N–H and O–H groups in total. The monoisotopic (exact) mass is 277 g/mol. The summed E-state index contributed by atoms with van der Waals surface area (Å²) in [5.74, 6) is 0.687. The fourth-order valence-corrected chi connectivity index (χ4v) is 1.67. The van der Waals surface area contributed by atoms with Gasteiger partial charge in [0.15, 0.2) is 6.29 Å². The van der Waals surface area contributed by atoms with Gasteiger partial charge in [0.2, 0.25) is 0 Å². The van der Waals surface area contributed by atoms with Crippen LogP contribution in [-0.2, 0) is 0 Å². The van der Waals surface area contributed by atoms with E-state index in [0.717, 1.165) is 6.07 Å². The molecule has 5 nitrogen and oxygen atoms in total. The van der Waals surface area contributed by atoms with Crippen molar-refractivity contribution >= 4 is 23.6 Å². The molecule has 0 aliphatic rings. The van der Waals surface area contributed by atoms with Crippen molar-refractivity contribution in [1.82, 2.24) is 0 Å². The van der Waals surface area contributed by atoms with Crippen molar-refractivity contribution in [3.05, 3.63) is 63.2 Å². The number of rotatable bonds is 4. The minimum Gasteiger partial charge on any atom is -0.457 e. The van der Waals surface area contributed by atoms with Crippen LogP contribution in [0.2, 0.25) is 5.02 Å². The zero-order chi connectivity index (χ0) is 13.8. The number of nitrogens with zero attached hydrogens (tertiary/aromatic N) is 1. The summed E-state index contributed by atoms with van der Waals surface area (Å²) in [6, 6.07) is 10.4. The van der Waals surface area contributed by atoms with E-state index in [-0.39, 0.29) is 17.0 Å². The molecule has 2 aromatic carbocycles. The van der Waals surface area contributed by atoms with Crippen LogP contribution in [0.4, 0.5) is 5.69 Å². The van der Waals surface area contributed by atoms with Gasteiger partial charge in [0.25, 0.3) is 5.69 Å². The number of benzene rings is 2. The third kappa shape index (κ3) is 3.08. The second-order valence-electron chi connectivity index (χ2n) is 3.66. The van der Waals surface area contributed by atoms with Gasteiger partial charge >= 0.3 is 0 Å². The van der Waals surface area contributed by atoms with Gasteiger partial charge in [0, 0.05) is 17.2 Å². The second kappa shape index (κ2) is 5.49. The Balaban J connectivity index is 2.35. The van der Waals surface area contributed by atoms with Gasteiger partial charge in [-0.05, 0) is 24.3 Å². The van der Waals surface area contributed by atoms with Gasteiger partial charge in [0.05, 0.1) is 10.5 Å². The number of carbonyl (C=O) groups excluding carboxylic acids is 1. The Morgan fingerprint density at radius 3 is 2.63 bits per heavy atom. The number of non-ortho nitro benzene ring substituents is 1. The Labute approximate surface area is 113 Å². The lowest BCUT2D eigenvalue weighted by Crippen LogP contribution is -1.94. The van der Waals surface area contributed by atoms with Crippen LogP contribution in [0.25, 0.3) is 0 Å². The fraction of sp³-hybridized carbons (Fsp3) is 0. The molecule has 0 amide bonds. The Hall–Kier alpha value is -2.40. The summed E-state index contributed by atoms with van der Waals surface area (Å²) in [7, 11) is 0. The molecule has 2 aromatic rings. The molecular weight excluding hydrogens is 270 g/mol. The van der Waals surface area contributed by atoms with Crippen molar-refractivity contribution in [2.45, 2.75) is 0 Å². The molecule has 0 unspecified atom stereocenters. The summed E-state index contributed by atoms with van der Waals surface area (Å²) < 4.78 is 5.48. The van der Waals surface area contributed by atoms with Crippen molar-refractivity contribution in [1.29, 1.82) is 0 Å². The van der Waals surface area contributed by atoms with E-state index in [2.05, 4.69) is 0 Å². The molecule has 6 heteroatoms. The van der Waals surface area contributed by atoms with Gasteiger partial charge < -0.3 is 4.74 Å². The van der Waals surface area contributed by atoms with E-state index in [0.29, 0.717) is 17.1 Å². The SMILES string of the molecule is O=Cc1cc([N+](=O)[O-])ccc1Oc1cccc(Cl)c1. The topological polar surface area (TPSA) is 69.4 Å². The number of hydrogen-bond acceptors (Lipinski definition) is 4. The van der Waals surface area contributed by atoms with Gasteiger partial charge in [-0.25, -0.2) is 0 Å². The van der Waals surface area contributed by atoms with Crippen LogP contribution in [-0.4, -0.2) is 11.2 Å². The van der Waals surface area contributed by atoms with Crippen LogP contribution in [0.1, 0.15) is 10.4 Å². The summed E-state index contributed by atoms with van der Waals surface area (Å²) in [6.07, 6.45) is 0.507. The number of halogens is 1. The lowest BCUT2D eigenvalue weighted by molar-refractivity contribution is -0.384. The molecule has 0 saturated carbocycles. The molecular formula is C13H8ClNO4. The van der Waals surface area contributed by atoms with Gasteiger partial charge in [-0.3, -0.25) is 14.9 Å². The van der Waals surface area contributed by atoms with E-state index in [4.69, 9.17) is 16.3 Å². The predicted octanol–water partition coefficient (Wildman–Crippen LogP) is 3.85. The molecule has 0 fully saturated rings. The quantitative estimate of drug-likeness (QED) is 0.483. The van der Waals surface area contributed by atoms with Crippen LogP contribution >= 0.6 is 11.6 Å². The number of hydrogen-bond donors (Lipinski definition) is 0. The maximum Gasteiger partial charge on any atom is 0.270 e. The molecule has 0 atom stereocenters. The summed E-state index contributed by atoms with van der Waals surface area (Å²) in [5, 5.41) is 11.1. The van der Waals surface area contributed by atoms with Gasteiger partial charge in [0.1, 0.15) is 11.5 Å². The molecule has 0 aromatic heterocycles. The Kier molecular flexibility index (Phi) is 3.77. The maximum atomic E-state index is 10.9. The normalized spacial score (nSPS) is 9.95. The highest BCUT2D eigenvalue weighted by atomic mass is 35.5. The van der Waals surface area contributed by atoms with E-state index in [1.54, 1.807) is 24.3 Å². The molecule has 0 aliphatic carbocycles. The van der Waals surface area contributed by atoms with Gasteiger partial charge in [-0.2, -0.15) is 0 Å². The first-order valence-electron chi connectivity index (χ1n) is 5.27. The van der Waals surface area contributed by atoms with Crippen LogP contribution in [0.15, 0.2) is 42.5 Å². The summed E-state index contributed by atoms with van der Waals surface area (Å²) in [4.78, 5) is 21.0. The zero-order valence-electron chi connectivity index (χ0n) is 9.58. The average Bonchev–Trinajstić information content (AvgIpc) is 2.39. The highest BCUT2D eigenvalue weighted by Crippen LogP contribution is 2.28. The van der Waals surface area contributed by atoms with E-state index >= 15 is 0 Å². The standard InChI is InChI=1S/C13H8ClNO4/c14-10-2-1-3-12(7-10)19-13-5-4-11(15(17)18)6-9(13)8-16/h1-8H. The lowest BCUT2D eigenvalue weighted by atomic mass is 10.2. The van der Waals surface area contributed by atoms with Crippen molar-refractivity contribution in [2.24, 2.45) is 0 Å². The Bertz CT molecular complexity index is 642. The summed E-state index contributed by atoms with van der Waals surface area (Å²) in [5.41, 5.74) is -0.0604. The van der Waals surface area contributed by atoms with Crippen molar-refractivity contribution in [3.63, 3.8) is 0 Å². The third-order valence-electron chi connectivity index (χ3n) is 2.36. The van der Waals surface area contributed by atoms with E-state index in [9.17, 15) is 14.9 Å². The third-order valence-corrected chi connectivity index (χ3v) is 2.59. The largest absolute Gasteiger partial charge is 0.457 e. The first kappa shape index (κ1) is 13.0. The first-order valence-corrected chi connectivity index (χ1v) is 5.65. The average molecular weight is 278 g/mol. The number of nitro groups is 1. The molecule has 0 bridgehead atoms. The maximum absolute atomic E-state index is 10.9. The molecule has 0 radical (unpaired) electrons. The predicted molar refractivity (Wildman–Crippen MR) is 70.0 cm³/mol. The summed E-state index contributed by atoms with van der Waals surface area (Å²) in [6.45, 7) is 0.